The van der Waals surface area contributed by atoms with E-state index in [1.54, 1.807) is 6.92 Å². The van der Waals surface area contributed by atoms with E-state index in [0.29, 0.717) is 0 Å². The van der Waals surface area contributed by atoms with Gasteiger partial charge < -0.3 is 5.32 Å². The second-order valence-corrected chi connectivity index (χ2v) is 1.93. The van der Waals surface area contributed by atoms with Gasteiger partial charge in [0.25, 0.3) is 5.91 Å². The zero-order chi connectivity index (χ0) is 8.69. The number of hydrogen-bond donors (Lipinski definition) is 1. The Kier molecular flexibility index (Phi) is 4.37. The van der Waals surface area contributed by atoms with Gasteiger partial charge in [0, 0.05) is 17.5 Å². The highest BCUT2D eigenvalue weighted by Crippen LogP contribution is 1.82. The van der Waals surface area contributed by atoms with Crippen LogP contribution in [0.5, 0.6) is 0 Å². The summed E-state index contributed by atoms with van der Waals surface area (Å²) in [5, 5.41) is 5.68. The standard InChI is InChI=1S/C6H8N4O/c1-3-6(11)9-5(2)4-8-10-7/h1,5H,4H2,2H3,(H,9,11). The average molecular weight is 152 g/mol. The minimum absolute atomic E-state index is 0.212. The van der Waals surface area contributed by atoms with Gasteiger partial charge in [-0.1, -0.05) is 5.11 Å². The number of hydrogen-bond acceptors (Lipinski definition) is 2. The predicted molar refractivity (Wildman–Crippen MR) is 40.5 cm³/mol. The molecule has 1 unspecified atom stereocenters. The Morgan fingerprint density at radius 3 is 3.09 bits per heavy atom. The second kappa shape index (κ2) is 5.15. The lowest BCUT2D eigenvalue weighted by Gasteiger charge is -2.06. The van der Waals surface area contributed by atoms with Crippen LogP contribution in [-0.2, 0) is 4.79 Å². The van der Waals surface area contributed by atoms with E-state index in [2.05, 4.69) is 15.3 Å². The first kappa shape index (κ1) is 9.34. The van der Waals surface area contributed by atoms with Gasteiger partial charge in [-0.2, -0.15) is 0 Å². The minimum Gasteiger partial charge on any atom is -0.343 e. The Labute approximate surface area is 64.4 Å². The molecule has 1 N–H and O–H groups in total. The average Bonchev–Trinajstić information content (AvgIpc) is 2.00. The largest absolute Gasteiger partial charge is 0.343 e. The lowest BCUT2D eigenvalue weighted by atomic mass is 10.3. The highest BCUT2D eigenvalue weighted by molar-refractivity contribution is 5.92. The van der Waals surface area contributed by atoms with Crippen LogP contribution < -0.4 is 5.32 Å². The molecule has 58 valence electrons. The third-order valence-corrected chi connectivity index (χ3v) is 0.927. The molecule has 0 saturated carbocycles. The Morgan fingerprint density at radius 2 is 2.64 bits per heavy atom. The van der Waals surface area contributed by atoms with Crippen LogP contribution in [0.1, 0.15) is 6.92 Å². The smallest absolute Gasteiger partial charge is 0.295 e. The molecular weight excluding hydrogens is 144 g/mol. The summed E-state index contributed by atoms with van der Waals surface area (Å²) in [6.07, 6.45) is 4.78. The molecule has 0 bridgehead atoms. The molecule has 0 spiro atoms. The molecule has 0 heterocycles. The molecule has 0 fully saturated rings. The summed E-state index contributed by atoms with van der Waals surface area (Å²) in [5.41, 5.74) is 7.91. The summed E-state index contributed by atoms with van der Waals surface area (Å²) in [5.74, 6) is 1.39. The summed E-state index contributed by atoms with van der Waals surface area (Å²) in [6.45, 7) is 1.91. The zero-order valence-corrected chi connectivity index (χ0v) is 6.11. The maximum atomic E-state index is 10.5. The van der Waals surface area contributed by atoms with Crippen molar-refractivity contribution in [2.75, 3.05) is 6.54 Å². The van der Waals surface area contributed by atoms with Gasteiger partial charge in [0.2, 0.25) is 0 Å². The van der Waals surface area contributed by atoms with E-state index in [4.69, 9.17) is 12.0 Å². The maximum Gasteiger partial charge on any atom is 0.295 e. The molecule has 11 heavy (non-hydrogen) atoms. The predicted octanol–water partition coefficient (Wildman–Crippen LogP) is 0.435. The quantitative estimate of drug-likeness (QED) is 0.271. The second-order valence-electron chi connectivity index (χ2n) is 1.93. The SMILES string of the molecule is C#CC(=O)NC(C)CN=[N+]=[N-]. The van der Waals surface area contributed by atoms with Crippen molar-refractivity contribution in [3.8, 4) is 12.3 Å². The number of nitrogens with zero attached hydrogens (tertiary/aromatic N) is 3. The van der Waals surface area contributed by atoms with Gasteiger partial charge >= 0.3 is 0 Å². The first-order valence-electron chi connectivity index (χ1n) is 2.98. The number of nitrogens with one attached hydrogen (secondary N) is 1. The van der Waals surface area contributed by atoms with Crippen molar-refractivity contribution < 1.29 is 4.79 Å². The van der Waals surface area contributed by atoms with Crippen molar-refractivity contribution in [2.45, 2.75) is 13.0 Å². The van der Waals surface area contributed by atoms with E-state index in [1.807, 2.05) is 5.92 Å². The van der Waals surface area contributed by atoms with Gasteiger partial charge in [0.05, 0.1) is 0 Å². The number of carbonyl (C=O) groups is 1. The third-order valence-electron chi connectivity index (χ3n) is 0.927. The van der Waals surface area contributed by atoms with Gasteiger partial charge in [0.15, 0.2) is 0 Å². The van der Waals surface area contributed by atoms with Crippen molar-refractivity contribution in [1.29, 1.82) is 0 Å². The molecule has 5 heteroatoms. The first-order valence-corrected chi connectivity index (χ1v) is 2.98. The van der Waals surface area contributed by atoms with E-state index < -0.39 is 5.91 Å². The molecule has 0 rings (SSSR count). The molecule has 0 radical (unpaired) electrons. The van der Waals surface area contributed by atoms with Crippen molar-refractivity contribution in [1.82, 2.24) is 5.32 Å². The van der Waals surface area contributed by atoms with Crippen LogP contribution in [0, 0.1) is 12.3 Å². The first-order chi connectivity index (χ1) is 5.20. The van der Waals surface area contributed by atoms with E-state index in [9.17, 15) is 4.79 Å². The minimum atomic E-state index is -0.495. The van der Waals surface area contributed by atoms with Gasteiger partial charge in [0.1, 0.15) is 0 Å². The molecule has 0 aromatic carbocycles. The normalized spacial score (nSPS) is 10.5. The lowest BCUT2D eigenvalue weighted by molar-refractivity contribution is -0.116. The van der Waals surface area contributed by atoms with Gasteiger partial charge in [-0.15, -0.1) is 6.42 Å². The monoisotopic (exact) mass is 152 g/mol. The Balaban J connectivity index is 3.70. The number of amides is 1. The van der Waals surface area contributed by atoms with Crippen LogP contribution in [-0.4, -0.2) is 18.5 Å². The summed E-state index contributed by atoms with van der Waals surface area (Å²) in [6, 6.07) is -0.213. The van der Waals surface area contributed by atoms with E-state index >= 15 is 0 Å². The number of terminal acetylenes is 1. The zero-order valence-electron chi connectivity index (χ0n) is 6.11. The summed E-state index contributed by atoms with van der Waals surface area (Å²) in [7, 11) is 0. The maximum absolute atomic E-state index is 10.5. The van der Waals surface area contributed by atoms with Crippen molar-refractivity contribution in [3.63, 3.8) is 0 Å². The molecule has 0 saturated heterocycles. The number of rotatable bonds is 3. The molecule has 0 aliphatic rings. The molecule has 0 aromatic rings. The number of carbonyl (C=O) groups excluding carboxylic acids is 1. The molecule has 1 amide bonds. The Morgan fingerprint density at radius 1 is 2.00 bits per heavy atom. The topological polar surface area (TPSA) is 77.9 Å². The third kappa shape index (κ3) is 4.82. The Hall–Kier alpha value is -1.66. The van der Waals surface area contributed by atoms with E-state index in [0.717, 1.165) is 0 Å². The molecule has 1 atom stereocenters. The summed E-state index contributed by atoms with van der Waals surface area (Å²) >= 11 is 0. The molecule has 0 aliphatic carbocycles. The van der Waals surface area contributed by atoms with Crippen LogP contribution in [0.2, 0.25) is 0 Å². The van der Waals surface area contributed by atoms with E-state index in [-0.39, 0.29) is 12.6 Å². The highest BCUT2D eigenvalue weighted by Gasteiger charge is 2.01. The Bertz CT molecular complexity index is 223. The van der Waals surface area contributed by atoms with Crippen LogP contribution in [0.3, 0.4) is 0 Å². The van der Waals surface area contributed by atoms with Crippen LogP contribution >= 0.6 is 0 Å². The molecule has 0 aromatic heterocycles. The molecule has 0 aliphatic heterocycles. The molecular formula is C6H8N4O. The fourth-order valence-corrected chi connectivity index (χ4v) is 0.470. The lowest BCUT2D eigenvalue weighted by Crippen LogP contribution is -2.33. The summed E-state index contributed by atoms with van der Waals surface area (Å²) in [4.78, 5) is 13.0. The van der Waals surface area contributed by atoms with Crippen molar-refractivity contribution in [3.05, 3.63) is 10.4 Å². The van der Waals surface area contributed by atoms with Crippen molar-refractivity contribution >= 4 is 5.91 Å². The molecule has 5 nitrogen and oxygen atoms in total. The van der Waals surface area contributed by atoms with Crippen LogP contribution in [0.4, 0.5) is 0 Å². The van der Waals surface area contributed by atoms with E-state index in [1.165, 1.54) is 0 Å². The van der Waals surface area contributed by atoms with Gasteiger partial charge in [-0.25, -0.2) is 0 Å². The van der Waals surface area contributed by atoms with Gasteiger partial charge in [-0.3, -0.25) is 4.79 Å². The highest BCUT2D eigenvalue weighted by atomic mass is 16.1. The fraction of sp³-hybridized carbons (Fsp3) is 0.500. The van der Waals surface area contributed by atoms with Crippen LogP contribution in [0.25, 0.3) is 10.4 Å². The van der Waals surface area contributed by atoms with Gasteiger partial charge in [-0.05, 0) is 18.4 Å². The summed E-state index contributed by atoms with van der Waals surface area (Å²) < 4.78 is 0. The van der Waals surface area contributed by atoms with Crippen LogP contribution in [0.15, 0.2) is 5.11 Å². The fourth-order valence-electron chi connectivity index (χ4n) is 0.470. The number of azide groups is 1. The van der Waals surface area contributed by atoms with Crippen molar-refractivity contribution in [2.24, 2.45) is 5.11 Å².